The summed E-state index contributed by atoms with van der Waals surface area (Å²) in [6.07, 6.45) is 1.42. The molecule has 1 amide bonds. The number of carbonyl (C=O) groups is 1. The van der Waals surface area contributed by atoms with Crippen LogP contribution in [0, 0.1) is 0 Å². The largest absolute Gasteiger partial charge is 0.397 e. The molecule has 5 nitrogen and oxygen atoms in total. The maximum atomic E-state index is 11.3. The molecule has 1 heterocycles. The van der Waals surface area contributed by atoms with Gasteiger partial charge in [0.05, 0.1) is 17.4 Å². The number of benzene rings is 2. The Hall–Kier alpha value is -3.08. The molecular weight excluding hydrogens is 264 g/mol. The number of nitrogen functional groups attached to an aromatic ring is 1. The van der Waals surface area contributed by atoms with Crippen molar-refractivity contribution < 1.29 is 4.79 Å². The summed E-state index contributed by atoms with van der Waals surface area (Å²) in [6, 6.07) is 15.5. The van der Waals surface area contributed by atoms with Crippen molar-refractivity contribution in [3.63, 3.8) is 0 Å². The van der Waals surface area contributed by atoms with E-state index in [-0.39, 0.29) is 11.3 Å². The van der Waals surface area contributed by atoms with Crippen LogP contribution in [0.4, 0.5) is 17.2 Å². The number of nitrogens with zero attached hydrogens (tertiary/aromatic N) is 1. The fraction of sp³-hybridized carbons (Fsp3) is 0. The number of hydrogen-bond acceptors (Lipinski definition) is 4. The second-order valence-electron chi connectivity index (χ2n) is 4.67. The summed E-state index contributed by atoms with van der Waals surface area (Å²) in [5.74, 6) is -0.0507. The van der Waals surface area contributed by atoms with Gasteiger partial charge in [-0.05, 0) is 17.5 Å². The lowest BCUT2D eigenvalue weighted by molar-refractivity contribution is 0.100. The summed E-state index contributed by atoms with van der Waals surface area (Å²) in [5, 5.41) is 5.38. The number of rotatable bonds is 3. The number of nitrogens with two attached hydrogens (primary N) is 2. The zero-order valence-electron chi connectivity index (χ0n) is 11.2. The van der Waals surface area contributed by atoms with E-state index in [4.69, 9.17) is 11.5 Å². The number of amides is 1. The van der Waals surface area contributed by atoms with Gasteiger partial charge in [0.1, 0.15) is 5.82 Å². The van der Waals surface area contributed by atoms with E-state index in [0.717, 1.165) is 16.5 Å². The molecule has 3 aromatic rings. The van der Waals surface area contributed by atoms with Crippen molar-refractivity contribution in [1.29, 1.82) is 0 Å². The predicted octanol–water partition coefficient (Wildman–Crippen LogP) is 2.66. The van der Waals surface area contributed by atoms with Gasteiger partial charge in [0.15, 0.2) is 0 Å². The Morgan fingerprint density at radius 2 is 1.86 bits per heavy atom. The van der Waals surface area contributed by atoms with Crippen LogP contribution in [0.25, 0.3) is 10.8 Å². The Balaban J connectivity index is 2.03. The number of fused-ring (bicyclic) bond motifs is 1. The van der Waals surface area contributed by atoms with Crippen LogP contribution in [-0.4, -0.2) is 10.9 Å². The first-order valence-electron chi connectivity index (χ1n) is 6.45. The molecule has 5 heteroatoms. The molecule has 0 saturated carbocycles. The zero-order valence-corrected chi connectivity index (χ0v) is 11.2. The van der Waals surface area contributed by atoms with Crippen LogP contribution in [0.3, 0.4) is 0 Å². The number of carbonyl (C=O) groups excluding carboxylic acids is 1. The second-order valence-corrected chi connectivity index (χ2v) is 4.67. The van der Waals surface area contributed by atoms with Gasteiger partial charge in [-0.25, -0.2) is 4.98 Å². The van der Waals surface area contributed by atoms with E-state index in [9.17, 15) is 4.79 Å². The number of aromatic nitrogens is 1. The lowest BCUT2D eigenvalue weighted by Crippen LogP contribution is -2.14. The van der Waals surface area contributed by atoms with E-state index in [2.05, 4.69) is 10.3 Å². The third-order valence-electron chi connectivity index (χ3n) is 3.25. The summed E-state index contributed by atoms with van der Waals surface area (Å²) >= 11 is 0. The molecule has 0 aliphatic rings. The van der Waals surface area contributed by atoms with Crippen molar-refractivity contribution in [3.05, 3.63) is 60.3 Å². The smallest absolute Gasteiger partial charge is 0.250 e. The molecule has 0 fully saturated rings. The molecule has 3 rings (SSSR count). The molecule has 0 unspecified atom stereocenters. The van der Waals surface area contributed by atoms with Crippen LogP contribution in [0.2, 0.25) is 0 Å². The number of anilines is 3. The fourth-order valence-corrected chi connectivity index (χ4v) is 2.22. The first kappa shape index (κ1) is 12.9. The molecule has 5 N–H and O–H groups in total. The maximum Gasteiger partial charge on any atom is 0.250 e. The molecule has 0 saturated heterocycles. The molecule has 0 aliphatic heterocycles. The van der Waals surface area contributed by atoms with Crippen molar-refractivity contribution in [1.82, 2.24) is 4.98 Å². The van der Waals surface area contributed by atoms with E-state index in [1.54, 1.807) is 6.07 Å². The van der Waals surface area contributed by atoms with Crippen LogP contribution in [-0.2, 0) is 0 Å². The van der Waals surface area contributed by atoms with Gasteiger partial charge < -0.3 is 16.8 Å². The number of nitrogens with one attached hydrogen (secondary N) is 1. The zero-order chi connectivity index (χ0) is 14.8. The standard InChI is InChI=1S/C16H14N4O/c17-13-9-19-15(8-12(13)16(18)21)20-14-7-3-5-10-4-1-2-6-11(10)14/h1-9H,17H2,(H2,18,21)(H,19,20). The Morgan fingerprint density at radius 1 is 1.10 bits per heavy atom. The number of pyridine rings is 1. The Morgan fingerprint density at radius 3 is 2.67 bits per heavy atom. The van der Waals surface area contributed by atoms with Crippen molar-refractivity contribution >= 4 is 33.9 Å². The van der Waals surface area contributed by atoms with Gasteiger partial charge in [0, 0.05) is 11.1 Å². The average molecular weight is 278 g/mol. The molecule has 0 atom stereocenters. The highest BCUT2D eigenvalue weighted by Gasteiger charge is 2.08. The third kappa shape index (κ3) is 2.49. The van der Waals surface area contributed by atoms with Gasteiger partial charge in [0.2, 0.25) is 0 Å². The van der Waals surface area contributed by atoms with Gasteiger partial charge in [-0.1, -0.05) is 36.4 Å². The summed E-state index contributed by atoms with van der Waals surface area (Å²) in [6.45, 7) is 0. The van der Waals surface area contributed by atoms with Crippen LogP contribution in [0.5, 0.6) is 0 Å². The van der Waals surface area contributed by atoms with Crippen LogP contribution in [0.1, 0.15) is 10.4 Å². The Kier molecular flexibility index (Phi) is 3.16. The molecule has 1 aromatic heterocycles. The first-order valence-corrected chi connectivity index (χ1v) is 6.45. The van der Waals surface area contributed by atoms with E-state index < -0.39 is 5.91 Å². The highest BCUT2D eigenvalue weighted by molar-refractivity contribution is 5.99. The minimum absolute atomic E-state index is 0.257. The van der Waals surface area contributed by atoms with E-state index in [1.807, 2.05) is 42.5 Å². The first-order chi connectivity index (χ1) is 10.1. The topological polar surface area (TPSA) is 94.0 Å². The SMILES string of the molecule is NC(=O)c1cc(Nc2cccc3ccccc23)ncc1N. The van der Waals surface area contributed by atoms with Crippen molar-refractivity contribution in [3.8, 4) is 0 Å². The van der Waals surface area contributed by atoms with Crippen molar-refractivity contribution in [2.75, 3.05) is 11.1 Å². The lowest BCUT2D eigenvalue weighted by Gasteiger charge is -2.10. The third-order valence-corrected chi connectivity index (χ3v) is 3.25. The second kappa shape index (κ2) is 5.13. The van der Waals surface area contributed by atoms with Gasteiger partial charge in [-0.3, -0.25) is 4.79 Å². The number of primary amides is 1. The maximum absolute atomic E-state index is 11.3. The quantitative estimate of drug-likeness (QED) is 0.686. The van der Waals surface area contributed by atoms with Gasteiger partial charge >= 0.3 is 0 Å². The van der Waals surface area contributed by atoms with Crippen LogP contribution >= 0.6 is 0 Å². The van der Waals surface area contributed by atoms with Crippen LogP contribution < -0.4 is 16.8 Å². The molecule has 21 heavy (non-hydrogen) atoms. The highest BCUT2D eigenvalue weighted by atomic mass is 16.1. The molecule has 104 valence electrons. The summed E-state index contributed by atoms with van der Waals surface area (Å²) in [5.41, 5.74) is 12.4. The van der Waals surface area contributed by atoms with Gasteiger partial charge in [0.25, 0.3) is 5.91 Å². The van der Waals surface area contributed by atoms with E-state index in [0.29, 0.717) is 5.82 Å². The molecule has 0 bridgehead atoms. The highest BCUT2D eigenvalue weighted by Crippen LogP contribution is 2.26. The molecule has 0 radical (unpaired) electrons. The molecular formula is C16H14N4O. The summed E-state index contributed by atoms with van der Waals surface area (Å²) in [7, 11) is 0. The normalized spacial score (nSPS) is 10.5. The monoisotopic (exact) mass is 278 g/mol. The van der Waals surface area contributed by atoms with E-state index >= 15 is 0 Å². The van der Waals surface area contributed by atoms with Crippen molar-refractivity contribution in [2.24, 2.45) is 5.73 Å². The lowest BCUT2D eigenvalue weighted by atomic mass is 10.1. The molecule has 0 spiro atoms. The predicted molar refractivity (Wildman–Crippen MR) is 84.4 cm³/mol. The number of hydrogen-bond donors (Lipinski definition) is 3. The molecule has 2 aromatic carbocycles. The Labute approximate surface area is 121 Å². The molecule has 0 aliphatic carbocycles. The fourth-order valence-electron chi connectivity index (χ4n) is 2.22. The van der Waals surface area contributed by atoms with Crippen LogP contribution in [0.15, 0.2) is 54.7 Å². The summed E-state index contributed by atoms with van der Waals surface area (Å²) < 4.78 is 0. The average Bonchev–Trinajstić information content (AvgIpc) is 2.49. The minimum atomic E-state index is -0.573. The van der Waals surface area contributed by atoms with E-state index in [1.165, 1.54) is 6.20 Å². The van der Waals surface area contributed by atoms with Crippen molar-refractivity contribution in [2.45, 2.75) is 0 Å². The Bertz CT molecular complexity index is 824. The minimum Gasteiger partial charge on any atom is -0.397 e. The summed E-state index contributed by atoms with van der Waals surface area (Å²) in [4.78, 5) is 15.5. The van der Waals surface area contributed by atoms with Gasteiger partial charge in [-0.2, -0.15) is 0 Å². The van der Waals surface area contributed by atoms with Gasteiger partial charge in [-0.15, -0.1) is 0 Å².